The van der Waals surface area contributed by atoms with E-state index in [-0.39, 0.29) is 6.10 Å². The minimum absolute atomic E-state index is 0.194. The van der Waals surface area contributed by atoms with Crippen LogP contribution in [0.3, 0.4) is 0 Å². The van der Waals surface area contributed by atoms with Crippen LogP contribution in [0, 0.1) is 12.3 Å². The van der Waals surface area contributed by atoms with Gasteiger partial charge in [0.1, 0.15) is 17.7 Å². The van der Waals surface area contributed by atoms with E-state index >= 15 is 0 Å². The monoisotopic (exact) mass is 447 g/mol. The molecule has 0 aliphatic carbocycles. The van der Waals surface area contributed by atoms with Crippen LogP contribution in [-0.2, 0) is 0 Å². The highest BCUT2D eigenvalue weighted by Crippen LogP contribution is 2.31. The summed E-state index contributed by atoms with van der Waals surface area (Å²) in [5, 5.41) is 9.69. The van der Waals surface area contributed by atoms with E-state index in [2.05, 4.69) is 16.8 Å². The van der Waals surface area contributed by atoms with Gasteiger partial charge in [0.2, 0.25) is 5.96 Å². The third-order valence-electron chi connectivity index (χ3n) is 5.68. The van der Waals surface area contributed by atoms with Crippen molar-refractivity contribution in [2.45, 2.75) is 32.8 Å². The number of rotatable bonds is 5. The molecule has 0 saturated carbocycles. The summed E-state index contributed by atoms with van der Waals surface area (Å²) in [6.07, 6.45) is 2.42. The molecule has 4 rings (SSSR count). The van der Waals surface area contributed by atoms with Crippen molar-refractivity contribution in [2.75, 3.05) is 42.5 Å². The lowest BCUT2D eigenvalue weighted by Crippen LogP contribution is -2.40. The Morgan fingerprint density at radius 3 is 2.67 bits per heavy atom. The van der Waals surface area contributed by atoms with Crippen LogP contribution in [0.1, 0.15) is 25.5 Å². The van der Waals surface area contributed by atoms with Gasteiger partial charge in [-0.15, -0.1) is 0 Å². The summed E-state index contributed by atoms with van der Waals surface area (Å²) in [5.74, 6) is 1.93. The second-order valence-corrected chi connectivity index (χ2v) is 8.62. The topological polar surface area (TPSA) is 55.7 Å². The lowest BCUT2D eigenvalue weighted by molar-refractivity contribution is 0.0919. The quantitative estimate of drug-likeness (QED) is 0.711. The van der Waals surface area contributed by atoms with Crippen LogP contribution in [0.25, 0.3) is 0 Å². The van der Waals surface area contributed by atoms with Crippen LogP contribution in [-0.4, -0.2) is 54.7 Å². The summed E-state index contributed by atoms with van der Waals surface area (Å²) in [7, 11) is 0. The molecular weight excluding hydrogens is 421 g/mol. The number of likely N-dealkylation sites (tertiary alicyclic amines) is 1. The highest BCUT2D eigenvalue weighted by molar-refractivity contribution is 6.42. The van der Waals surface area contributed by atoms with Gasteiger partial charge in [0.05, 0.1) is 10.0 Å². The zero-order valence-electron chi connectivity index (χ0n) is 17.4. The third-order valence-corrected chi connectivity index (χ3v) is 6.41. The Hall–Kier alpha value is -2.02. The number of hydrogen-bond acceptors (Lipinski definition) is 4. The van der Waals surface area contributed by atoms with Crippen molar-refractivity contribution >= 4 is 40.7 Å². The fraction of sp³-hybridized carbons (Fsp3) is 0.455. The molecule has 2 aromatic rings. The molecule has 2 aliphatic heterocycles. The van der Waals surface area contributed by atoms with E-state index in [1.54, 1.807) is 12.1 Å². The number of anilines is 2. The van der Waals surface area contributed by atoms with E-state index in [0.717, 1.165) is 55.4 Å². The first-order valence-corrected chi connectivity index (χ1v) is 11.2. The Kier molecular flexibility index (Phi) is 6.37. The summed E-state index contributed by atoms with van der Waals surface area (Å²) < 4.78 is 6.32. The molecule has 2 saturated heterocycles. The molecular formula is C22H27Cl2N5O. The predicted octanol–water partition coefficient (Wildman–Crippen LogP) is 4.82. The summed E-state index contributed by atoms with van der Waals surface area (Å²) in [5.41, 5.74) is 1.73. The van der Waals surface area contributed by atoms with Crippen molar-refractivity contribution < 1.29 is 4.74 Å². The van der Waals surface area contributed by atoms with Crippen LogP contribution >= 0.6 is 23.2 Å². The van der Waals surface area contributed by atoms with Gasteiger partial charge in [0.15, 0.2) is 0 Å². The van der Waals surface area contributed by atoms with Gasteiger partial charge >= 0.3 is 0 Å². The van der Waals surface area contributed by atoms with Crippen LogP contribution in [0.5, 0.6) is 5.75 Å². The molecule has 1 atom stereocenters. The number of pyridine rings is 1. The van der Waals surface area contributed by atoms with Crippen molar-refractivity contribution in [3.05, 3.63) is 46.1 Å². The maximum Gasteiger partial charge on any atom is 0.204 e. The number of halogens is 2. The van der Waals surface area contributed by atoms with E-state index in [1.807, 2.05) is 34.9 Å². The normalized spacial score (nSPS) is 20.1. The minimum Gasteiger partial charge on any atom is -0.489 e. The molecule has 3 heterocycles. The average molecular weight is 448 g/mol. The molecule has 1 aromatic carbocycles. The number of ether oxygens (including phenoxy) is 1. The molecule has 8 heteroatoms. The molecule has 0 amide bonds. The van der Waals surface area contributed by atoms with Crippen molar-refractivity contribution in [3.8, 4) is 5.75 Å². The minimum atomic E-state index is 0.194. The number of nitrogens with one attached hydrogen (secondary N) is 1. The fourth-order valence-corrected chi connectivity index (χ4v) is 4.39. The molecule has 1 aromatic heterocycles. The number of aromatic nitrogens is 1. The highest BCUT2D eigenvalue weighted by atomic mass is 35.5. The number of likely N-dealkylation sites (N-methyl/N-ethyl adjacent to an activating group) is 1. The second-order valence-electron chi connectivity index (χ2n) is 7.80. The highest BCUT2D eigenvalue weighted by Gasteiger charge is 2.29. The van der Waals surface area contributed by atoms with Crippen LogP contribution in [0.2, 0.25) is 10.0 Å². The van der Waals surface area contributed by atoms with Gasteiger partial charge in [0.25, 0.3) is 0 Å². The van der Waals surface area contributed by atoms with E-state index in [4.69, 9.17) is 33.3 Å². The molecule has 30 heavy (non-hydrogen) atoms. The maximum absolute atomic E-state index is 8.70. The first-order chi connectivity index (χ1) is 14.4. The second kappa shape index (κ2) is 9.00. The molecule has 2 aliphatic rings. The maximum atomic E-state index is 8.70. The molecule has 160 valence electrons. The summed E-state index contributed by atoms with van der Waals surface area (Å²) >= 11 is 12.2. The van der Waals surface area contributed by atoms with Gasteiger partial charge in [-0.3, -0.25) is 15.2 Å². The Labute approximate surface area is 187 Å². The number of aryl methyl sites for hydroxylation is 1. The van der Waals surface area contributed by atoms with Gasteiger partial charge in [-0.2, -0.15) is 0 Å². The zero-order valence-corrected chi connectivity index (χ0v) is 18.9. The number of piperidine rings is 1. The Morgan fingerprint density at radius 2 is 1.90 bits per heavy atom. The first-order valence-electron chi connectivity index (χ1n) is 10.4. The molecule has 2 fully saturated rings. The fourth-order valence-electron chi connectivity index (χ4n) is 4.10. The molecule has 0 radical (unpaired) electrons. The molecule has 1 unspecified atom stereocenters. The predicted molar refractivity (Wildman–Crippen MR) is 124 cm³/mol. The van der Waals surface area contributed by atoms with Crippen molar-refractivity contribution in [1.29, 1.82) is 5.41 Å². The van der Waals surface area contributed by atoms with Gasteiger partial charge in [0, 0.05) is 43.1 Å². The number of hydrogen-bond donors (Lipinski definition) is 1. The first kappa shape index (κ1) is 21.2. The number of nitrogens with zero attached hydrogens (tertiary/aromatic N) is 4. The van der Waals surface area contributed by atoms with Gasteiger partial charge in [-0.25, -0.2) is 4.98 Å². The van der Waals surface area contributed by atoms with Gasteiger partial charge < -0.3 is 9.64 Å². The molecule has 0 bridgehead atoms. The average Bonchev–Trinajstić information content (AvgIpc) is 3.11. The lowest BCUT2D eigenvalue weighted by Gasteiger charge is -2.32. The molecule has 6 nitrogen and oxygen atoms in total. The number of benzene rings is 1. The Balaban J connectivity index is 1.51. The van der Waals surface area contributed by atoms with Crippen molar-refractivity contribution in [3.63, 3.8) is 0 Å². The third kappa shape index (κ3) is 4.51. The largest absolute Gasteiger partial charge is 0.489 e. The van der Waals surface area contributed by atoms with Gasteiger partial charge in [-0.05, 0) is 51.1 Å². The lowest BCUT2D eigenvalue weighted by atomic mass is 10.1. The smallest absolute Gasteiger partial charge is 0.204 e. The van der Waals surface area contributed by atoms with Crippen LogP contribution < -0.4 is 14.5 Å². The van der Waals surface area contributed by atoms with Crippen LogP contribution in [0.15, 0.2) is 30.3 Å². The zero-order chi connectivity index (χ0) is 21.3. The van der Waals surface area contributed by atoms with Crippen molar-refractivity contribution in [1.82, 2.24) is 9.88 Å². The standard InChI is InChI=1S/C22H27Cl2N5O/c1-3-27-8-4-5-17(14-27)30-18-11-15(2)26-21(13-18)29-10-9-28(22(29)25)16-6-7-19(23)20(24)12-16/h6-7,11-13,17,25H,3-5,8-10,14H2,1-2H3. The van der Waals surface area contributed by atoms with E-state index in [0.29, 0.717) is 29.1 Å². The Morgan fingerprint density at radius 1 is 1.10 bits per heavy atom. The van der Waals surface area contributed by atoms with E-state index in [1.165, 1.54) is 0 Å². The number of guanidine groups is 1. The Bertz CT molecular complexity index is 938. The molecule has 0 spiro atoms. The summed E-state index contributed by atoms with van der Waals surface area (Å²) in [6, 6.07) is 9.36. The van der Waals surface area contributed by atoms with Crippen LogP contribution in [0.4, 0.5) is 11.5 Å². The molecule has 1 N–H and O–H groups in total. The summed E-state index contributed by atoms with van der Waals surface area (Å²) in [4.78, 5) is 10.9. The van der Waals surface area contributed by atoms with E-state index < -0.39 is 0 Å². The van der Waals surface area contributed by atoms with E-state index in [9.17, 15) is 0 Å². The summed E-state index contributed by atoms with van der Waals surface area (Å²) in [6.45, 7) is 8.65. The van der Waals surface area contributed by atoms with Crippen molar-refractivity contribution in [2.24, 2.45) is 0 Å². The SMILES string of the molecule is CCN1CCCC(Oc2cc(C)nc(N3CCN(c4ccc(Cl)c(Cl)c4)C3=N)c2)C1. The van der Waals surface area contributed by atoms with Gasteiger partial charge in [-0.1, -0.05) is 30.1 Å².